The summed E-state index contributed by atoms with van der Waals surface area (Å²) in [5.74, 6) is -0.451. The van der Waals surface area contributed by atoms with E-state index in [2.05, 4.69) is 35.1 Å². The molecule has 0 saturated carbocycles. The Bertz CT molecular complexity index is 828. The number of nitriles is 1. The van der Waals surface area contributed by atoms with Crippen LogP contribution in [-0.4, -0.2) is 48.3 Å². The van der Waals surface area contributed by atoms with E-state index < -0.39 is 5.82 Å². The quantitative estimate of drug-likeness (QED) is 0.804. The first kappa shape index (κ1) is 18.8. The van der Waals surface area contributed by atoms with Crippen molar-refractivity contribution in [3.8, 4) is 6.07 Å². The van der Waals surface area contributed by atoms with Gasteiger partial charge in [-0.15, -0.1) is 0 Å². The number of nitrogens with one attached hydrogen (secondary N) is 1. The second-order valence-corrected chi connectivity index (χ2v) is 7.12. The molecule has 1 fully saturated rings. The van der Waals surface area contributed by atoms with E-state index in [0.717, 1.165) is 26.1 Å². The van der Waals surface area contributed by atoms with Gasteiger partial charge < -0.3 is 10.1 Å². The Morgan fingerprint density at radius 2 is 2.12 bits per heavy atom. The minimum atomic E-state index is -0.451. The lowest BCUT2D eigenvalue weighted by atomic mass is 10.1. The van der Waals surface area contributed by atoms with Crippen LogP contribution in [0, 0.1) is 17.1 Å². The van der Waals surface area contributed by atoms with E-state index >= 15 is 0 Å². The number of halogens is 2. The lowest BCUT2D eigenvalue weighted by Gasteiger charge is -2.35. The fraction of sp³-hybridized carbons (Fsp3) is 0.474. The Morgan fingerprint density at radius 1 is 1.38 bits per heavy atom. The van der Waals surface area contributed by atoms with Gasteiger partial charge in [-0.2, -0.15) is 5.26 Å². The molecule has 1 saturated heterocycles. The summed E-state index contributed by atoms with van der Waals surface area (Å²) in [4.78, 5) is 6.43. The monoisotopic (exact) mass is 376 g/mol. The third-order valence-corrected chi connectivity index (χ3v) is 4.80. The first-order valence-electron chi connectivity index (χ1n) is 8.78. The number of anilines is 1. The SMILES string of the molecule is CC1CN(CCCNc2c(C#N)cnc3c(F)ccc(Cl)c23)CC(C)O1. The van der Waals surface area contributed by atoms with Gasteiger partial charge in [0.05, 0.1) is 28.5 Å². The first-order valence-corrected chi connectivity index (χ1v) is 9.16. The lowest BCUT2D eigenvalue weighted by molar-refractivity contribution is -0.0678. The fourth-order valence-corrected chi connectivity index (χ4v) is 3.73. The van der Waals surface area contributed by atoms with Gasteiger partial charge in [-0.05, 0) is 32.4 Å². The molecule has 26 heavy (non-hydrogen) atoms. The van der Waals surface area contributed by atoms with Gasteiger partial charge in [0.25, 0.3) is 0 Å². The number of fused-ring (bicyclic) bond motifs is 1. The third kappa shape index (κ3) is 4.07. The van der Waals surface area contributed by atoms with Crippen molar-refractivity contribution in [3.63, 3.8) is 0 Å². The maximum atomic E-state index is 14.0. The normalized spacial score (nSPS) is 20.9. The molecule has 1 N–H and O–H groups in total. The maximum absolute atomic E-state index is 14.0. The Morgan fingerprint density at radius 3 is 2.81 bits per heavy atom. The second kappa shape index (κ2) is 8.17. The Balaban J connectivity index is 1.71. The molecule has 2 aromatic rings. The summed E-state index contributed by atoms with van der Waals surface area (Å²) >= 11 is 6.25. The lowest BCUT2D eigenvalue weighted by Crippen LogP contribution is -2.45. The van der Waals surface area contributed by atoms with Crippen LogP contribution in [0.5, 0.6) is 0 Å². The van der Waals surface area contributed by atoms with E-state index in [1.807, 2.05) is 0 Å². The molecule has 2 atom stereocenters. The molecule has 1 aromatic carbocycles. The topological polar surface area (TPSA) is 61.2 Å². The standard InChI is InChI=1S/C19H22ClFN4O/c1-12-10-25(11-13(2)26-12)7-3-6-23-18-14(8-22)9-24-19-16(21)5-4-15(20)17(18)19/h4-5,9,12-13H,3,6-7,10-11H2,1-2H3,(H,23,24). The van der Waals surface area contributed by atoms with Crippen molar-refractivity contribution in [1.29, 1.82) is 5.26 Å². The molecule has 3 rings (SSSR count). The number of hydrogen-bond acceptors (Lipinski definition) is 5. The van der Waals surface area contributed by atoms with Gasteiger partial charge in [-0.1, -0.05) is 11.6 Å². The van der Waals surface area contributed by atoms with Crippen molar-refractivity contribution in [2.45, 2.75) is 32.5 Å². The molecule has 0 bridgehead atoms. The molecule has 5 nitrogen and oxygen atoms in total. The molecule has 1 aliphatic heterocycles. The number of morpholine rings is 1. The van der Waals surface area contributed by atoms with Crippen molar-refractivity contribution >= 4 is 28.2 Å². The average Bonchev–Trinajstić information content (AvgIpc) is 2.60. The summed E-state index contributed by atoms with van der Waals surface area (Å²) in [5, 5.41) is 13.5. The highest BCUT2D eigenvalue weighted by atomic mass is 35.5. The summed E-state index contributed by atoms with van der Waals surface area (Å²) in [7, 11) is 0. The number of benzene rings is 1. The second-order valence-electron chi connectivity index (χ2n) is 6.71. The summed E-state index contributed by atoms with van der Waals surface area (Å²) in [5.41, 5.74) is 1.08. The number of hydrogen-bond donors (Lipinski definition) is 1. The van der Waals surface area contributed by atoms with Crippen molar-refractivity contribution in [1.82, 2.24) is 9.88 Å². The van der Waals surface area contributed by atoms with E-state index in [1.54, 1.807) is 0 Å². The smallest absolute Gasteiger partial charge is 0.149 e. The Hall–Kier alpha value is -1.94. The summed E-state index contributed by atoms with van der Waals surface area (Å²) in [6.07, 6.45) is 2.75. The van der Waals surface area contributed by atoms with Crippen molar-refractivity contribution < 1.29 is 9.13 Å². The van der Waals surface area contributed by atoms with Crippen molar-refractivity contribution in [3.05, 3.63) is 34.7 Å². The molecule has 7 heteroatoms. The fourth-order valence-electron chi connectivity index (χ4n) is 3.48. The molecule has 2 heterocycles. The Labute approximate surface area is 157 Å². The van der Waals surface area contributed by atoms with Crippen molar-refractivity contribution in [2.75, 3.05) is 31.5 Å². The summed E-state index contributed by atoms with van der Waals surface area (Å²) < 4.78 is 19.8. The molecule has 0 amide bonds. The van der Waals surface area contributed by atoms with Gasteiger partial charge in [0.2, 0.25) is 0 Å². The number of rotatable bonds is 5. The van der Waals surface area contributed by atoms with Gasteiger partial charge in [0, 0.05) is 37.8 Å². The highest BCUT2D eigenvalue weighted by molar-refractivity contribution is 6.36. The molecule has 0 spiro atoms. The molecule has 138 valence electrons. The molecule has 1 aromatic heterocycles. The zero-order valence-corrected chi connectivity index (χ0v) is 15.7. The Kier molecular flexibility index (Phi) is 5.92. The van der Waals surface area contributed by atoms with Gasteiger partial charge in [-0.3, -0.25) is 9.88 Å². The molecule has 0 radical (unpaired) electrons. The average molecular weight is 377 g/mol. The van der Waals surface area contributed by atoms with E-state index in [1.165, 1.54) is 18.3 Å². The van der Waals surface area contributed by atoms with E-state index in [0.29, 0.717) is 28.2 Å². The van der Waals surface area contributed by atoms with Crippen LogP contribution in [0.1, 0.15) is 25.8 Å². The van der Waals surface area contributed by atoms with Crippen LogP contribution in [0.4, 0.5) is 10.1 Å². The maximum Gasteiger partial charge on any atom is 0.149 e. The van der Waals surface area contributed by atoms with Crippen LogP contribution < -0.4 is 5.32 Å². The molecular weight excluding hydrogens is 355 g/mol. The zero-order chi connectivity index (χ0) is 18.7. The molecule has 1 aliphatic rings. The number of aromatic nitrogens is 1. The van der Waals surface area contributed by atoms with Crippen LogP contribution in [0.15, 0.2) is 18.3 Å². The van der Waals surface area contributed by atoms with Gasteiger partial charge >= 0.3 is 0 Å². The summed E-state index contributed by atoms with van der Waals surface area (Å²) in [6, 6.07) is 4.88. The highest BCUT2D eigenvalue weighted by Gasteiger charge is 2.21. The van der Waals surface area contributed by atoms with E-state index in [9.17, 15) is 9.65 Å². The zero-order valence-electron chi connectivity index (χ0n) is 14.9. The first-order chi connectivity index (χ1) is 12.5. The highest BCUT2D eigenvalue weighted by Crippen LogP contribution is 2.33. The van der Waals surface area contributed by atoms with Crippen LogP contribution in [-0.2, 0) is 4.74 Å². The number of ether oxygens (including phenoxy) is 1. The van der Waals surface area contributed by atoms with Crippen molar-refractivity contribution in [2.24, 2.45) is 0 Å². The van der Waals surface area contributed by atoms with Gasteiger partial charge in [0.1, 0.15) is 17.4 Å². The summed E-state index contributed by atoms with van der Waals surface area (Å²) in [6.45, 7) is 7.59. The van der Waals surface area contributed by atoms with Crippen LogP contribution >= 0.6 is 11.6 Å². The van der Waals surface area contributed by atoms with Gasteiger partial charge in [0.15, 0.2) is 0 Å². The predicted octanol–water partition coefficient (Wildman–Crippen LogP) is 3.81. The molecular formula is C19H22ClFN4O. The van der Waals surface area contributed by atoms with Gasteiger partial charge in [-0.25, -0.2) is 4.39 Å². The minimum absolute atomic E-state index is 0.176. The van der Waals surface area contributed by atoms with E-state index in [4.69, 9.17) is 16.3 Å². The minimum Gasteiger partial charge on any atom is -0.383 e. The van der Waals surface area contributed by atoms with Crippen LogP contribution in [0.2, 0.25) is 5.02 Å². The molecule has 2 unspecified atom stereocenters. The predicted molar refractivity (Wildman–Crippen MR) is 101 cm³/mol. The largest absolute Gasteiger partial charge is 0.383 e. The molecule has 0 aliphatic carbocycles. The number of nitrogens with zero attached hydrogens (tertiary/aromatic N) is 3. The number of pyridine rings is 1. The van der Waals surface area contributed by atoms with Crippen LogP contribution in [0.3, 0.4) is 0 Å². The third-order valence-electron chi connectivity index (χ3n) is 4.49. The van der Waals surface area contributed by atoms with E-state index in [-0.39, 0.29) is 17.7 Å². The van der Waals surface area contributed by atoms with Crippen LogP contribution in [0.25, 0.3) is 10.9 Å².